The summed E-state index contributed by atoms with van der Waals surface area (Å²) in [4.78, 5) is 15.6. The second-order valence-corrected chi connectivity index (χ2v) is 6.38. The molecule has 0 spiro atoms. The Bertz CT molecular complexity index is 1080. The van der Waals surface area contributed by atoms with Crippen LogP contribution in [0.1, 0.15) is 16.1 Å². The summed E-state index contributed by atoms with van der Waals surface area (Å²) in [7, 11) is 4.60. The third kappa shape index (κ3) is 4.24. The molecule has 0 radical (unpaired) electrons. The van der Waals surface area contributed by atoms with Gasteiger partial charge in [-0.05, 0) is 42.5 Å². The van der Waals surface area contributed by atoms with Crippen LogP contribution in [-0.2, 0) is 6.54 Å². The normalized spacial score (nSPS) is 10.5. The lowest BCUT2D eigenvalue weighted by molar-refractivity contribution is 0.0943. The van der Waals surface area contributed by atoms with E-state index in [4.69, 9.17) is 26.4 Å². The minimum Gasteiger partial charge on any atom is -0.496 e. The minimum atomic E-state index is -0.373. The summed E-state index contributed by atoms with van der Waals surface area (Å²) < 4.78 is 31.1. The molecule has 0 aliphatic rings. The molecule has 1 aromatic heterocycles. The highest BCUT2D eigenvalue weighted by molar-refractivity contribution is 7.71. The number of amides is 1. The maximum atomic E-state index is 13.2. The summed E-state index contributed by atoms with van der Waals surface area (Å²) in [6.07, 6.45) is 1.51. The first kappa shape index (κ1) is 20.4. The van der Waals surface area contributed by atoms with Crippen LogP contribution in [0.3, 0.4) is 0 Å². The molecule has 0 aliphatic heterocycles. The van der Waals surface area contributed by atoms with E-state index in [0.29, 0.717) is 39.0 Å². The van der Waals surface area contributed by atoms with Crippen LogP contribution in [0.4, 0.5) is 4.39 Å². The lowest BCUT2D eigenvalue weighted by Crippen LogP contribution is -2.25. The van der Waals surface area contributed by atoms with Crippen molar-refractivity contribution >= 4 is 18.1 Å². The highest BCUT2D eigenvalue weighted by atomic mass is 32.1. The van der Waals surface area contributed by atoms with E-state index in [1.807, 2.05) is 0 Å². The molecule has 0 saturated carbocycles. The third-order valence-electron chi connectivity index (χ3n) is 4.32. The number of nitrogens with one attached hydrogen (secondary N) is 2. The molecule has 0 fully saturated rings. The Morgan fingerprint density at radius 2 is 1.69 bits per heavy atom. The zero-order chi connectivity index (χ0) is 21.0. The van der Waals surface area contributed by atoms with Crippen molar-refractivity contribution in [1.82, 2.24) is 14.9 Å². The van der Waals surface area contributed by atoms with Gasteiger partial charge in [0.2, 0.25) is 0 Å². The zero-order valence-corrected chi connectivity index (χ0v) is 16.9. The first-order valence-corrected chi connectivity index (χ1v) is 9.02. The van der Waals surface area contributed by atoms with Crippen LogP contribution in [0.2, 0.25) is 0 Å². The standard InChI is InChI=1S/C20H20FN3O4S/c1-26-16-9-18(28-3)17(27-2)8-12(16)10-22-19(25)15-11-23-20(29)24(15)14-6-4-13(21)5-7-14/h4-9,11H,10H2,1-3H3,(H,22,25)(H,23,29). The van der Waals surface area contributed by atoms with Crippen molar-refractivity contribution < 1.29 is 23.4 Å². The van der Waals surface area contributed by atoms with E-state index in [0.717, 1.165) is 0 Å². The van der Waals surface area contributed by atoms with Crippen molar-refractivity contribution in [1.29, 1.82) is 0 Å². The van der Waals surface area contributed by atoms with Crippen LogP contribution in [0.25, 0.3) is 5.69 Å². The molecule has 29 heavy (non-hydrogen) atoms. The van der Waals surface area contributed by atoms with Crippen molar-refractivity contribution in [2.24, 2.45) is 0 Å². The molecule has 1 heterocycles. The number of imidazole rings is 1. The van der Waals surface area contributed by atoms with Gasteiger partial charge in [-0.25, -0.2) is 4.39 Å². The molecule has 3 aromatic rings. The van der Waals surface area contributed by atoms with Crippen LogP contribution in [0.5, 0.6) is 17.2 Å². The van der Waals surface area contributed by atoms with E-state index < -0.39 is 0 Å². The number of hydrogen-bond acceptors (Lipinski definition) is 5. The molecular formula is C20H20FN3O4S. The minimum absolute atomic E-state index is 0.184. The van der Waals surface area contributed by atoms with Crippen molar-refractivity contribution in [3.8, 4) is 22.9 Å². The number of carbonyl (C=O) groups is 1. The predicted octanol–water partition coefficient (Wildman–Crippen LogP) is 3.63. The average molecular weight is 417 g/mol. The molecule has 0 saturated heterocycles. The molecule has 0 bridgehead atoms. The monoisotopic (exact) mass is 417 g/mol. The summed E-state index contributed by atoms with van der Waals surface area (Å²) in [5.74, 6) is 0.858. The van der Waals surface area contributed by atoms with Crippen LogP contribution >= 0.6 is 12.2 Å². The maximum absolute atomic E-state index is 13.2. The molecule has 0 aliphatic carbocycles. The number of hydrogen-bond donors (Lipinski definition) is 2. The summed E-state index contributed by atoms with van der Waals surface area (Å²) in [5.41, 5.74) is 1.58. The van der Waals surface area contributed by atoms with Gasteiger partial charge in [0.05, 0.1) is 21.3 Å². The average Bonchev–Trinajstić information content (AvgIpc) is 3.13. The Balaban J connectivity index is 1.86. The van der Waals surface area contributed by atoms with Gasteiger partial charge in [0.25, 0.3) is 5.91 Å². The van der Waals surface area contributed by atoms with E-state index in [9.17, 15) is 9.18 Å². The van der Waals surface area contributed by atoms with Crippen LogP contribution < -0.4 is 19.5 Å². The molecule has 9 heteroatoms. The molecular weight excluding hydrogens is 397 g/mol. The Kier molecular flexibility index (Phi) is 6.18. The van der Waals surface area contributed by atoms with E-state index in [-0.39, 0.29) is 18.3 Å². The number of ether oxygens (including phenoxy) is 3. The SMILES string of the molecule is COc1cc(OC)c(OC)cc1CNC(=O)c1c[nH]c(=S)n1-c1ccc(F)cc1. The summed E-state index contributed by atoms with van der Waals surface area (Å²) in [6.45, 7) is 0.184. The Morgan fingerprint density at radius 3 is 2.31 bits per heavy atom. The van der Waals surface area contributed by atoms with Gasteiger partial charge in [0.1, 0.15) is 17.3 Å². The largest absolute Gasteiger partial charge is 0.496 e. The fourth-order valence-corrected chi connectivity index (χ4v) is 3.14. The summed E-state index contributed by atoms with van der Waals surface area (Å²) in [6, 6.07) is 9.14. The number of aromatic nitrogens is 2. The van der Waals surface area contributed by atoms with Crippen molar-refractivity contribution in [3.05, 3.63) is 64.4 Å². The summed E-state index contributed by atoms with van der Waals surface area (Å²) in [5, 5.41) is 2.84. The number of carbonyl (C=O) groups excluding carboxylic acids is 1. The van der Waals surface area contributed by atoms with E-state index >= 15 is 0 Å². The lowest BCUT2D eigenvalue weighted by atomic mass is 10.1. The van der Waals surface area contributed by atoms with Gasteiger partial charge < -0.3 is 24.5 Å². The first-order chi connectivity index (χ1) is 14.0. The lowest BCUT2D eigenvalue weighted by Gasteiger charge is -2.15. The third-order valence-corrected chi connectivity index (χ3v) is 4.62. The first-order valence-electron chi connectivity index (χ1n) is 8.62. The molecule has 3 rings (SSSR count). The smallest absolute Gasteiger partial charge is 0.270 e. The van der Waals surface area contributed by atoms with Gasteiger partial charge in [0.15, 0.2) is 16.3 Å². The molecule has 2 aromatic carbocycles. The molecule has 7 nitrogen and oxygen atoms in total. The number of aromatic amines is 1. The second-order valence-electron chi connectivity index (χ2n) is 5.99. The molecule has 0 atom stereocenters. The number of benzene rings is 2. The van der Waals surface area contributed by atoms with Crippen molar-refractivity contribution in [2.75, 3.05) is 21.3 Å². The van der Waals surface area contributed by atoms with Crippen molar-refractivity contribution in [2.45, 2.75) is 6.54 Å². The molecule has 0 unspecified atom stereocenters. The number of halogens is 1. The van der Waals surface area contributed by atoms with Gasteiger partial charge in [0, 0.05) is 30.1 Å². The topological polar surface area (TPSA) is 77.5 Å². The highest BCUT2D eigenvalue weighted by Crippen LogP contribution is 2.34. The van der Waals surface area contributed by atoms with Gasteiger partial charge in [-0.2, -0.15) is 0 Å². The predicted molar refractivity (Wildman–Crippen MR) is 108 cm³/mol. The Hall–Kier alpha value is -3.33. The van der Waals surface area contributed by atoms with Gasteiger partial charge in [-0.1, -0.05) is 0 Å². The number of nitrogens with zero attached hydrogens (tertiary/aromatic N) is 1. The fourth-order valence-electron chi connectivity index (χ4n) is 2.88. The zero-order valence-electron chi connectivity index (χ0n) is 16.1. The van der Waals surface area contributed by atoms with E-state index in [1.54, 1.807) is 24.3 Å². The van der Waals surface area contributed by atoms with Gasteiger partial charge >= 0.3 is 0 Å². The number of H-pyrrole nitrogens is 1. The highest BCUT2D eigenvalue weighted by Gasteiger charge is 2.17. The van der Waals surface area contributed by atoms with Gasteiger partial charge in [-0.3, -0.25) is 9.36 Å². The van der Waals surface area contributed by atoms with Gasteiger partial charge in [-0.15, -0.1) is 0 Å². The van der Waals surface area contributed by atoms with Crippen molar-refractivity contribution in [3.63, 3.8) is 0 Å². The van der Waals surface area contributed by atoms with Crippen LogP contribution in [0, 0.1) is 10.6 Å². The maximum Gasteiger partial charge on any atom is 0.270 e. The fraction of sp³-hybridized carbons (Fsp3) is 0.200. The molecule has 152 valence electrons. The van der Waals surface area contributed by atoms with E-state index in [1.165, 1.54) is 44.2 Å². The quantitative estimate of drug-likeness (QED) is 0.574. The summed E-state index contributed by atoms with van der Waals surface area (Å²) >= 11 is 5.27. The Morgan fingerprint density at radius 1 is 1.07 bits per heavy atom. The number of methoxy groups -OCH3 is 3. The van der Waals surface area contributed by atoms with Crippen LogP contribution in [-0.4, -0.2) is 36.8 Å². The number of rotatable bonds is 7. The van der Waals surface area contributed by atoms with Crippen LogP contribution in [0.15, 0.2) is 42.6 Å². The van der Waals surface area contributed by atoms with E-state index in [2.05, 4.69) is 10.3 Å². The molecule has 1 amide bonds. The Labute approximate surface area is 172 Å². The molecule has 2 N–H and O–H groups in total. The second kappa shape index (κ2) is 8.78.